The fourth-order valence-corrected chi connectivity index (χ4v) is 4.73. The summed E-state index contributed by atoms with van der Waals surface area (Å²) in [5, 5.41) is 0.455. The van der Waals surface area contributed by atoms with E-state index in [2.05, 4.69) is 0 Å². The maximum Gasteiger partial charge on any atom is 0.416 e. The quantitative estimate of drug-likeness (QED) is 0.641. The molecule has 11 heteroatoms. The van der Waals surface area contributed by atoms with Crippen LogP contribution in [0.1, 0.15) is 11.1 Å². The van der Waals surface area contributed by atoms with E-state index in [1.807, 2.05) is 0 Å². The van der Waals surface area contributed by atoms with Crippen LogP contribution in [-0.2, 0) is 21.0 Å². The number of benzene rings is 2. The largest absolute Gasteiger partial charge is 0.416 e. The maximum atomic E-state index is 13.0. The summed E-state index contributed by atoms with van der Waals surface area (Å²) >= 11 is 5.95. The summed E-state index contributed by atoms with van der Waals surface area (Å²) in [7, 11) is -3.73. The Morgan fingerprint density at radius 3 is 2.31 bits per heavy atom. The van der Waals surface area contributed by atoms with Gasteiger partial charge in [-0.05, 0) is 48.9 Å². The van der Waals surface area contributed by atoms with Gasteiger partial charge in [0.05, 0.1) is 17.5 Å². The van der Waals surface area contributed by atoms with Gasteiger partial charge < -0.3 is 9.80 Å². The lowest BCUT2D eigenvalue weighted by atomic mass is 10.1. The van der Waals surface area contributed by atoms with Gasteiger partial charge in [0, 0.05) is 36.9 Å². The van der Waals surface area contributed by atoms with Crippen molar-refractivity contribution in [2.24, 2.45) is 0 Å². The summed E-state index contributed by atoms with van der Waals surface area (Å²) in [5.41, 5.74) is 0.690. The van der Waals surface area contributed by atoms with E-state index in [9.17, 15) is 26.4 Å². The van der Waals surface area contributed by atoms with Crippen LogP contribution < -0.4 is 9.21 Å². The van der Waals surface area contributed by atoms with Crippen LogP contribution in [0, 0.1) is 6.92 Å². The minimum absolute atomic E-state index is 0.270. The Morgan fingerprint density at radius 2 is 1.75 bits per heavy atom. The van der Waals surface area contributed by atoms with Gasteiger partial charge in [-0.3, -0.25) is 9.10 Å². The first-order valence-corrected chi connectivity index (χ1v) is 12.0. The third kappa shape index (κ3) is 5.66. The summed E-state index contributed by atoms with van der Waals surface area (Å²) in [4.78, 5) is 16.2. The van der Waals surface area contributed by atoms with Crippen LogP contribution >= 0.6 is 11.6 Å². The highest BCUT2D eigenvalue weighted by atomic mass is 35.5. The molecule has 1 heterocycles. The average Bonchev–Trinajstić information content (AvgIpc) is 2.71. The fraction of sp³-hybridized carbons (Fsp3) is 0.381. The summed E-state index contributed by atoms with van der Waals surface area (Å²) in [6, 6.07) is 9.79. The van der Waals surface area contributed by atoms with E-state index in [-0.39, 0.29) is 25.5 Å². The number of sulfonamides is 1. The van der Waals surface area contributed by atoms with Gasteiger partial charge in [0.25, 0.3) is 0 Å². The lowest BCUT2D eigenvalue weighted by Crippen LogP contribution is -2.52. The molecule has 0 spiro atoms. The van der Waals surface area contributed by atoms with Crippen molar-refractivity contribution in [1.82, 2.24) is 4.90 Å². The summed E-state index contributed by atoms with van der Waals surface area (Å²) < 4.78 is 64.7. The molecule has 0 bridgehead atoms. The van der Waals surface area contributed by atoms with E-state index in [0.29, 0.717) is 35.1 Å². The molecule has 2 aromatic rings. The Labute approximate surface area is 190 Å². The average molecular weight is 490 g/mol. The summed E-state index contributed by atoms with van der Waals surface area (Å²) in [6.45, 7) is 2.55. The van der Waals surface area contributed by atoms with Crippen LogP contribution in [0.25, 0.3) is 0 Å². The van der Waals surface area contributed by atoms with Crippen LogP contribution in [0.3, 0.4) is 0 Å². The van der Waals surface area contributed by atoms with E-state index < -0.39 is 21.8 Å². The Kier molecular flexibility index (Phi) is 6.94. The molecule has 0 unspecified atom stereocenters. The molecular formula is C21H23ClF3N3O3S. The normalized spacial score (nSPS) is 15.1. The van der Waals surface area contributed by atoms with Crippen molar-refractivity contribution in [3.05, 3.63) is 58.6 Å². The number of anilines is 2. The summed E-state index contributed by atoms with van der Waals surface area (Å²) in [6.07, 6.45) is -3.40. The Hall–Kier alpha value is -2.46. The number of amides is 1. The number of carbonyl (C=O) groups excluding carboxylic acids is 1. The van der Waals surface area contributed by atoms with Gasteiger partial charge in [0.1, 0.15) is 6.54 Å². The SMILES string of the molecule is Cc1cc(Cl)ccc1N(CC(=O)N1CCN(c2cccc(C(F)(F)F)c2)CC1)S(C)(=O)=O. The van der Waals surface area contributed by atoms with Gasteiger partial charge in [-0.2, -0.15) is 13.2 Å². The zero-order chi connectivity index (χ0) is 23.7. The molecule has 1 amide bonds. The lowest BCUT2D eigenvalue weighted by molar-refractivity contribution is -0.137. The molecule has 1 saturated heterocycles. The third-order valence-electron chi connectivity index (χ3n) is 5.28. The van der Waals surface area contributed by atoms with Crippen molar-refractivity contribution in [3.8, 4) is 0 Å². The second-order valence-electron chi connectivity index (χ2n) is 7.62. The maximum absolute atomic E-state index is 13.0. The van der Waals surface area contributed by atoms with Gasteiger partial charge in [0.2, 0.25) is 15.9 Å². The number of nitrogens with zero attached hydrogens (tertiary/aromatic N) is 3. The highest BCUT2D eigenvalue weighted by molar-refractivity contribution is 7.92. The van der Waals surface area contributed by atoms with Crippen molar-refractivity contribution in [3.63, 3.8) is 0 Å². The minimum Gasteiger partial charge on any atom is -0.368 e. The molecule has 32 heavy (non-hydrogen) atoms. The van der Waals surface area contributed by atoms with Gasteiger partial charge in [-0.15, -0.1) is 0 Å². The number of piperazine rings is 1. The molecule has 1 aliphatic rings. The zero-order valence-corrected chi connectivity index (χ0v) is 19.1. The van der Waals surface area contributed by atoms with E-state index >= 15 is 0 Å². The molecule has 1 aliphatic heterocycles. The number of hydrogen-bond donors (Lipinski definition) is 0. The molecule has 0 aromatic heterocycles. The molecule has 1 fully saturated rings. The van der Waals surface area contributed by atoms with Crippen LogP contribution in [0.15, 0.2) is 42.5 Å². The van der Waals surface area contributed by atoms with E-state index in [0.717, 1.165) is 22.7 Å². The van der Waals surface area contributed by atoms with Crippen molar-refractivity contribution in [2.45, 2.75) is 13.1 Å². The highest BCUT2D eigenvalue weighted by Gasteiger charge is 2.32. The first kappa shape index (κ1) is 24.2. The third-order valence-corrected chi connectivity index (χ3v) is 6.64. The zero-order valence-electron chi connectivity index (χ0n) is 17.6. The topological polar surface area (TPSA) is 60.9 Å². The van der Waals surface area contributed by atoms with E-state index in [4.69, 9.17) is 11.6 Å². The second-order valence-corrected chi connectivity index (χ2v) is 9.96. The van der Waals surface area contributed by atoms with Gasteiger partial charge in [0.15, 0.2) is 0 Å². The predicted octanol–water partition coefficient (Wildman–Crippen LogP) is 3.78. The fourth-order valence-electron chi connectivity index (χ4n) is 3.60. The van der Waals surface area contributed by atoms with Crippen LogP contribution in [0.4, 0.5) is 24.5 Å². The number of aryl methyl sites for hydroxylation is 1. The molecule has 3 rings (SSSR count). The first-order chi connectivity index (χ1) is 14.9. The predicted molar refractivity (Wildman–Crippen MR) is 119 cm³/mol. The van der Waals surface area contributed by atoms with Crippen LogP contribution in [0.5, 0.6) is 0 Å². The minimum atomic E-state index is -4.43. The standard InChI is InChI=1S/C21H23ClF3N3O3S/c1-15-12-17(22)6-7-19(15)28(32(2,30)31)14-20(29)27-10-8-26(9-11-27)18-5-3-4-16(13-18)21(23,24)25/h3-7,12-13H,8-11,14H2,1-2H3. The Balaban J connectivity index is 1.69. The van der Waals surface area contributed by atoms with Crippen molar-refractivity contribution in [2.75, 3.05) is 48.2 Å². The molecule has 0 aliphatic carbocycles. The number of alkyl halides is 3. The molecule has 2 aromatic carbocycles. The molecule has 0 saturated carbocycles. The monoisotopic (exact) mass is 489 g/mol. The van der Waals surface area contributed by atoms with Crippen molar-refractivity contribution >= 4 is 38.9 Å². The molecular weight excluding hydrogens is 467 g/mol. The van der Waals surface area contributed by atoms with E-state index in [1.54, 1.807) is 36.1 Å². The van der Waals surface area contributed by atoms with Crippen molar-refractivity contribution < 1.29 is 26.4 Å². The van der Waals surface area contributed by atoms with E-state index in [1.165, 1.54) is 11.0 Å². The van der Waals surface area contributed by atoms with Gasteiger partial charge >= 0.3 is 6.18 Å². The lowest BCUT2D eigenvalue weighted by Gasteiger charge is -2.37. The molecule has 6 nitrogen and oxygen atoms in total. The first-order valence-electron chi connectivity index (χ1n) is 9.80. The number of hydrogen-bond acceptors (Lipinski definition) is 4. The molecule has 0 N–H and O–H groups in total. The summed E-state index contributed by atoms with van der Waals surface area (Å²) in [5.74, 6) is -0.381. The molecule has 0 radical (unpaired) electrons. The number of rotatable bonds is 5. The van der Waals surface area contributed by atoms with Crippen LogP contribution in [-0.4, -0.2) is 58.2 Å². The Bertz CT molecular complexity index is 1100. The smallest absolute Gasteiger partial charge is 0.368 e. The van der Waals surface area contributed by atoms with Gasteiger partial charge in [-0.25, -0.2) is 8.42 Å². The van der Waals surface area contributed by atoms with Crippen LogP contribution in [0.2, 0.25) is 5.02 Å². The Morgan fingerprint density at radius 1 is 1.09 bits per heavy atom. The number of halogens is 4. The van der Waals surface area contributed by atoms with Gasteiger partial charge in [-0.1, -0.05) is 17.7 Å². The number of carbonyl (C=O) groups is 1. The molecule has 174 valence electrons. The highest BCUT2D eigenvalue weighted by Crippen LogP contribution is 2.32. The second kappa shape index (κ2) is 9.19. The molecule has 0 atom stereocenters. The van der Waals surface area contributed by atoms with Crippen molar-refractivity contribution in [1.29, 1.82) is 0 Å².